The normalized spacial score (nSPS) is 20.3. The third kappa shape index (κ3) is 6.19. The van der Waals surface area contributed by atoms with Gasteiger partial charge in [0, 0.05) is 33.4 Å². The molecule has 0 radical (unpaired) electrons. The Morgan fingerprint density at radius 3 is 2.27 bits per heavy atom. The van der Waals surface area contributed by atoms with Crippen LogP contribution in [0.5, 0.6) is 0 Å². The number of rotatable bonds is 9. The number of para-hydroxylation sites is 2. The summed E-state index contributed by atoms with van der Waals surface area (Å²) >= 11 is 2.27. The topological polar surface area (TPSA) is 109 Å². The van der Waals surface area contributed by atoms with Gasteiger partial charge in [-0.25, -0.2) is 9.59 Å². The molecule has 2 amide bonds. The monoisotopic (exact) mass is 716 g/mol. The Kier molecular flexibility index (Phi) is 8.92. The van der Waals surface area contributed by atoms with Crippen LogP contribution < -0.4 is 16.0 Å². The van der Waals surface area contributed by atoms with E-state index in [1.165, 1.54) is 12.0 Å². The zero-order valence-corrected chi connectivity index (χ0v) is 26.8. The molecule has 0 saturated carbocycles. The molecule has 45 heavy (non-hydrogen) atoms. The van der Waals surface area contributed by atoms with Gasteiger partial charge in [0.15, 0.2) is 0 Å². The summed E-state index contributed by atoms with van der Waals surface area (Å²) in [6.07, 6.45) is -0.859. The summed E-state index contributed by atoms with van der Waals surface area (Å²) in [6, 6.07) is 32.6. The second-order valence-corrected chi connectivity index (χ2v) is 12.3. The standard InChI is InChI=1S/C35H33IN4O5/c1-44-32(42)29(20-23-12-4-2-5-13-23)37-31(41)30-21-35(39-28-19-11-9-17-26(28)36)25-16-8-10-18-27(25)38-33(35)40(30)34(43)45-22-24-14-6-3-7-15-24/h2-19,29-30,33,38-39H,20-22H2,1H3,(H,37,41)/t29-,30-,33-,35?/m0/s1. The molecular weight excluding hydrogens is 683 g/mol. The molecule has 3 N–H and O–H groups in total. The number of nitrogens with zero attached hydrogens (tertiary/aromatic N) is 1. The van der Waals surface area contributed by atoms with Crippen LogP contribution in [0.2, 0.25) is 0 Å². The summed E-state index contributed by atoms with van der Waals surface area (Å²) in [6.45, 7) is 0.0417. The third-order valence-electron chi connectivity index (χ3n) is 8.33. The van der Waals surface area contributed by atoms with Crippen molar-refractivity contribution in [3.63, 3.8) is 0 Å². The second-order valence-electron chi connectivity index (χ2n) is 11.1. The Balaban J connectivity index is 1.37. The van der Waals surface area contributed by atoms with E-state index in [9.17, 15) is 14.4 Å². The molecule has 10 heteroatoms. The lowest BCUT2D eigenvalue weighted by Crippen LogP contribution is -2.55. The van der Waals surface area contributed by atoms with Crippen molar-refractivity contribution in [3.05, 3.63) is 129 Å². The number of methoxy groups -OCH3 is 1. The van der Waals surface area contributed by atoms with E-state index in [1.807, 2.05) is 109 Å². The summed E-state index contributed by atoms with van der Waals surface area (Å²) in [5.41, 5.74) is 3.47. The summed E-state index contributed by atoms with van der Waals surface area (Å²) < 4.78 is 11.9. The summed E-state index contributed by atoms with van der Waals surface area (Å²) in [5.74, 6) is -1.05. The van der Waals surface area contributed by atoms with E-state index in [0.29, 0.717) is 0 Å². The number of amides is 2. The van der Waals surface area contributed by atoms with Gasteiger partial charge in [-0.2, -0.15) is 0 Å². The van der Waals surface area contributed by atoms with Crippen molar-refractivity contribution in [1.29, 1.82) is 0 Å². The van der Waals surface area contributed by atoms with Crippen molar-refractivity contribution in [2.24, 2.45) is 0 Å². The molecular formula is C35H33IN4O5. The van der Waals surface area contributed by atoms with Gasteiger partial charge < -0.3 is 25.4 Å². The van der Waals surface area contributed by atoms with Gasteiger partial charge in [0.05, 0.1) is 7.11 Å². The smallest absolute Gasteiger partial charge is 0.412 e. The highest BCUT2D eigenvalue weighted by Gasteiger charge is 2.62. The van der Waals surface area contributed by atoms with Gasteiger partial charge in [-0.05, 0) is 51.9 Å². The van der Waals surface area contributed by atoms with Crippen LogP contribution in [-0.2, 0) is 37.6 Å². The van der Waals surface area contributed by atoms with E-state index in [2.05, 4.69) is 38.5 Å². The van der Waals surface area contributed by atoms with Gasteiger partial charge in [0.2, 0.25) is 5.91 Å². The fourth-order valence-corrected chi connectivity index (χ4v) is 6.74. The van der Waals surface area contributed by atoms with Crippen molar-refractivity contribution < 1.29 is 23.9 Å². The Labute approximate surface area is 275 Å². The fourth-order valence-electron chi connectivity index (χ4n) is 6.22. The number of halogens is 1. The lowest BCUT2D eigenvalue weighted by atomic mass is 9.86. The number of carbonyl (C=O) groups excluding carboxylic acids is 3. The molecule has 1 unspecified atom stereocenters. The van der Waals surface area contributed by atoms with Gasteiger partial charge in [-0.3, -0.25) is 9.69 Å². The maximum Gasteiger partial charge on any atom is 0.412 e. The number of benzene rings is 4. The quantitative estimate of drug-likeness (QED) is 0.152. The fraction of sp³-hybridized carbons (Fsp3) is 0.229. The number of anilines is 2. The number of fused-ring (bicyclic) bond motifs is 3. The molecule has 4 atom stereocenters. The van der Waals surface area contributed by atoms with Gasteiger partial charge in [-0.1, -0.05) is 91.0 Å². The predicted molar refractivity (Wildman–Crippen MR) is 179 cm³/mol. The first-order chi connectivity index (χ1) is 21.9. The molecule has 2 aliphatic rings. The van der Waals surface area contributed by atoms with Crippen LogP contribution in [0.25, 0.3) is 0 Å². The Bertz CT molecular complexity index is 1690. The van der Waals surface area contributed by atoms with Gasteiger partial charge in [0.1, 0.15) is 30.4 Å². The lowest BCUT2D eigenvalue weighted by molar-refractivity contribution is -0.145. The minimum absolute atomic E-state index is 0.0417. The van der Waals surface area contributed by atoms with Gasteiger partial charge in [-0.15, -0.1) is 0 Å². The molecule has 0 bridgehead atoms. The molecule has 0 aliphatic carbocycles. The molecule has 4 aromatic rings. The highest BCUT2D eigenvalue weighted by atomic mass is 127. The SMILES string of the molecule is COC(=O)[C@H](Cc1ccccc1)NC(=O)[C@@H]1CC2(Nc3ccccc3I)c3ccccc3N[C@H]2N1C(=O)OCc1ccccc1. The molecule has 6 rings (SSSR count). The maximum atomic E-state index is 14.2. The number of ether oxygens (including phenoxy) is 2. The van der Waals surface area contributed by atoms with Crippen molar-refractivity contribution in [1.82, 2.24) is 10.2 Å². The van der Waals surface area contributed by atoms with Crippen molar-refractivity contribution in [3.8, 4) is 0 Å². The summed E-state index contributed by atoms with van der Waals surface area (Å²) in [7, 11) is 1.29. The Morgan fingerprint density at radius 2 is 1.56 bits per heavy atom. The first-order valence-electron chi connectivity index (χ1n) is 14.7. The van der Waals surface area contributed by atoms with Crippen LogP contribution in [0.3, 0.4) is 0 Å². The lowest BCUT2D eigenvalue weighted by Gasteiger charge is -2.34. The number of hydrogen-bond donors (Lipinski definition) is 3. The first-order valence-corrected chi connectivity index (χ1v) is 15.8. The molecule has 0 aromatic heterocycles. The Morgan fingerprint density at radius 1 is 0.911 bits per heavy atom. The maximum absolute atomic E-state index is 14.2. The number of carbonyl (C=O) groups is 3. The van der Waals surface area contributed by atoms with Crippen LogP contribution in [-0.4, -0.2) is 48.2 Å². The second kappa shape index (κ2) is 13.2. The largest absolute Gasteiger partial charge is 0.467 e. The number of likely N-dealkylation sites (tertiary alicyclic amines) is 1. The zero-order chi connectivity index (χ0) is 31.4. The van der Waals surface area contributed by atoms with Crippen molar-refractivity contribution in [2.75, 3.05) is 17.7 Å². The zero-order valence-electron chi connectivity index (χ0n) is 24.6. The summed E-state index contributed by atoms with van der Waals surface area (Å²) in [5, 5.41) is 10.1. The average Bonchev–Trinajstić information content (AvgIpc) is 3.55. The molecule has 2 heterocycles. The summed E-state index contributed by atoms with van der Waals surface area (Å²) in [4.78, 5) is 42.6. The number of esters is 1. The predicted octanol–water partition coefficient (Wildman–Crippen LogP) is 5.66. The van der Waals surface area contributed by atoms with E-state index in [0.717, 1.165) is 31.6 Å². The molecule has 2 aliphatic heterocycles. The average molecular weight is 717 g/mol. The van der Waals surface area contributed by atoms with Gasteiger partial charge >= 0.3 is 12.1 Å². The number of hydrogen-bond acceptors (Lipinski definition) is 7. The van der Waals surface area contributed by atoms with E-state index in [4.69, 9.17) is 9.47 Å². The third-order valence-corrected chi connectivity index (χ3v) is 9.27. The van der Waals surface area contributed by atoms with E-state index >= 15 is 0 Å². The minimum Gasteiger partial charge on any atom is -0.467 e. The molecule has 1 saturated heterocycles. The van der Waals surface area contributed by atoms with Crippen LogP contribution in [0.15, 0.2) is 109 Å². The van der Waals surface area contributed by atoms with E-state index < -0.39 is 41.8 Å². The molecule has 230 valence electrons. The first kappa shape index (κ1) is 30.4. The minimum atomic E-state index is -0.976. The molecule has 0 spiro atoms. The van der Waals surface area contributed by atoms with Crippen molar-refractivity contribution in [2.45, 2.75) is 43.2 Å². The molecule has 4 aromatic carbocycles. The molecule has 1 fully saturated rings. The van der Waals surface area contributed by atoms with Crippen LogP contribution in [0.1, 0.15) is 23.1 Å². The van der Waals surface area contributed by atoms with E-state index in [-0.39, 0.29) is 19.4 Å². The van der Waals surface area contributed by atoms with Crippen molar-refractivity contribution >= 4 is 51.9 Å². The highest BCUT2D eigenvalue weighted by molar-refractivity contribution is 14.1. The number of nitrogens with one attached hydrogen (secondary N) is 3. The van der Waals surface area contributed by atoms with E-state index in [1.54, 1.807) is 0 Å². The Hall–Kier alpha value is -4.58. The van der Waals surface area contributed by atoms with Crippen LogP contribution >= 0.6 is 22.6 Å². The van der Waals surface area contributed by atoms with Crippen LogP contribution in [0, 0.1) is 3.57 Å². The molecule has 9 nitrogen and oxygen atoms in total. The highest BCUT2D eigenvalue weighted by Crippen LogP contribution is 2.51. The van der Waals surface area contributed by atoms with Gasteiger partial charge in [0.25, 0.3) is 0 Å². The van der Waals surface area contributed by atoms with Crippen LogP contribution in [0.4, 0.5) is 16.2 Å².